The van der Waals surface area contributed by atoms with Crippen molar-refractivity contribution in [3.63, 3.8) is 0 Å². The Morgan fingerprint density at radius 1 is 1.41 bits per heavy atom. The van der Waals surface area contributed by atoms with E-state index >= 15 is 0 Å². The van der Waals surface area contributed by atoms with Gasteiger partial charge in [0.25, 0.3) is 0 Å². The summed E-state index contributed by atoms with van der Waals surface area (Å²) in [7, 11) is 0. The van der Waals surface area contributed by atoms with Crippen LogP contribution in [0, 0.1) is 0 Å². The quantitative estimate of drug-likeness (QED) is 0.809. The summed E-state index contributed by atoms with van der Waals surface area (Å²) in [6, 6.07) is 10.8. The molecule has 1 fully saturated rings. The topological polar surface area (TPSA) is 41.5 Å². The Labute approximate surface area is 103 Å². The van der Waals surface area contributed by atoms with Crippen LogP contribution in [-0.2, 0) is 11.2 Å². The molecule has 1 heterocycles. The minimum absolute atomic E-state index is 0.117. The van der Waals surface area contributed by atoms with Gasteiger partial charge >= 0.3 is 0 Å². The first kappa shape index (κ1) is 12.6. The minimum Gasteiger partial charge on any atom is -0.395 e. The first-order valence-corrected chi connectivity index (χ1v) is 6.32. The molecule has 3 nitrogen and oxygen atoms in total. The monoisotopic (exact) mass is 235 g/mol. The van der Waals surface area contributed by atoms with Crippen LogP contribution in [-0.4, -0.2) is 36.5 Å². The van der Waals surface area contributed by atoms with Crippen LogP contribution >= 0.6 is 0 Å². The summed E-state index contributed by atoms with van der Waals surface area (Å²) in [5.74, 6) is 0. The fourth-order valence-electron chi connectivity index (χ4n) is 2.33. The SMILES string of the molecule is CC1OCCC1N[C@H](CO)Cc1ccccc1. The Morgan fingerprint density at radius 2 is 2.18 bits per heavy atom. The molecule has 2 rings (SSSR count). The predicted molar refractivity (Wildman–Crippen MR) is 68.0 cm³/mol. The Kier molecular flexibility index (Phi) is 4.54. The second-order valence-corrected chi connectivity index (χ2v) is 4.71. The Balaban J connectivity index is 1.88. The van der Waals surface area contributed by atoms with Crippen LogP contribution in [0.2, 0.25) is 0 Å². The summed E-state index contributed by atoms with van der Waals surface area (Å²) < 4.78 is 5.52. The van der Waals surface area contributed by atoms with E-state index in [0.717, 1.165) is 19.4 Å². The van der Waals surface area contributed by atoms with Gasteiger partial charge < -0.3 is 15.2 Å². The normalized spacial score (nSPS) is 26.0. The predicted octanol–water partition coefficient (Wildman–Crippen LogP) is 1.36. The lowest BCUT2D eigenvalue weighted by Crippen LogP contribution is -2.45. The van der Waals surface area contributed by atoms with Crippen molar-refractivity contribution < 1.29 is 9.84 Å². The fraction of sp³-hybridized carbons (Fsp3) is 0.571. The molecule has 0 saturated carbocycles. The molecule has 1 aromatic rings. The molecule has 1 aliphatic rings. The zero-order valence-corrected chi connectivity index (χ0v) is 10.3. The van der Waals surface area contributed by atoms with Crippen molar-refractivity contribution in [1.29, 1.82) is 0 Å². The van der Waals surface area contributed by atoms with Crippen molar-refractivity contribution in [2.45, 2.75) is 38.0 Å². The molecule has 0 spiro atoms. The number of rotatable bonds is 5. The highest BCUT2D eigenvalue weighted by Crippen LogP contribution is 2.14. The van der Waals surface area contributed by atoms with Crippen LogP contribution in [0.15, 0.2) is 30.3 Å². The molecule has 1 aliphatic heterocycles. The molecule has 1 aromatic carbocycles. The smallest absolute Gasteiger partial charge is 0.0700 e. The van der Waals surface area contributed by atoms with Crippen LogP contribution in [0.5, 0.6) is 0 Å². The molecule has 0 bridgehead atoms. The average molecular weight is 235 g/mol. The molecule has 2 unspecified atom stereocenters. The van der Waals surface area contributed by atoms with E-state index < -0.39 is 0 Å². The third-order valence-corrected chi connectivity index (χ3v) is 3.37. The molecule has 1 saturated heterocycles. The van der Waals surface area contributed by atoms with Gasteiger partial charge in [-0.3, -0.25) is 0 Å². The maximum absolute atomic E-state index is 9.43. The van der Waals surface area contributed by atoms with E-state index in [1.165, 1.54) is 5.56 Å². The van der Waals surface area contributed by atoms with Crippen LogP contribution in [0.3, 0.4) is 0 Å². The number of benzene rings is 1. The number of aliphatic hydroxyl groups excluding tert-OH is 1. The third-order valence-electron chi connectivity index (χ3n) is 3.37. The van der Waals surface area contributed by atoms with Gasteiger partial charge in [-0.1, -0.05) is 30.3 Å². The standard InChI is InChI=1S/C14H21NO2/c1-11-14(7-8-17-11)15-13(10-16)9-12-5-3-2-4-6-12/h2-6,11,13-16H,7-10H2,1H3/t11?,13-,14?/m0/s1. The summed E-state index contributed by atoms with van der Waals surface area (Å²) >= 11 is 0. The van der Waals surface area contributed by atoms with Gasteiger partial charge in [0.05, 0.1) is 12.7 Å². The Bertz CT molecular complexity index is 328. The van der Waals surface area contributed by atoms with Gasteiger partial charge in [-0.05, 0) is 25.3 Å². The first-order chi connectivity index (χ1) is 8.29. The number of ether oxygens (including phenoxy) is 1. The van der Waals surface area contributed by atoms with Crippen molar-refractivity contribution in [2.24, 2.45) is 0 Å². The number of hydrogen-bond donors (Lipinski definition) is 2. The summed E-state index contributed by atoms with van der Waals surface area (Å²) in [6.45, 7) is 3.07. The van der Waals surface area contributed by atoms with Gasteiger partial charge in [-0.25, -0.2) is 0 Å². The largest absolute Gasteiger partial charge is 0.395 e. The van der Waals surface area contributed by atoms with E-state index in [9.17, 15) is 5.11 Å². The maximum atomic E-state index is 9.43. The van der Waals surface area contributed by atoms with E-state index in [0.29, 0.717) is 6.04 Å². The summed E-state index contributed by atoms with van der Waals surface area (Å²) in [4.78, 5) is 0. The molecule has 17 heavy (non-hydrogen) atoms. The Hall–Kier alpha value is -0.900. The van der Waals surface area contributed by atoms with Gasteiger partial charge in [0.2, 0.25) is 0 Å². The lowest BCUT2D eigenvalue weighted by atomic mass is 10.0. The third kappa shape index (κ3) is 3.53. The Morgan fingerprint density at radius 3 is 2.76 bits per heavy atom. The summed E-state index contributed by atoms with van der Waals surface area (Å²) in [5, 5.41) is 12.9. The second kappa shape index (κ2) is 6.15. The van der Waals surface area contributed by atoms with E-state index in [1.807, 2.05) is 18.2 Å². The van der Waals surface area contributed by atoms with Crippen molar-refractivity contribution in [3.8, 4) is 0 Å². The molecular weight excluding hydrogens is 214 g/mol. The highest BCUT2D eigenvalue weighted by Gasteiger charge is 2.26. The average Bonchev–Trinajstić information content (AvgIpc) is 2.75. The summed E-state index contributed by atoms with van der Waals surface area (Å²) in [6.07, 6.45) is 2.15. The van der Waals surface area contributed by atoms with Gasteiger partial charge in [0.1, 0.15) is 0 Å². The second-order valence-electron chi connectivity index (χ2n) is 4.71. The molecule has 0 aromatic heterocycles. The molecule has 94 valence electrons. The van der Waals surface area contributed by atoms with Gasteiger partial charge in [0.15, 0.2) is 0 Å². The van der Waals surface area contributed by atoms with Crippen molar-refractivity contribution in [2.75, 3.05) is 13.2 Å². The molecule has 0 amide bonds. The minimum atomic E-state index is 0.117. The zero-order chi connectivity index (χ0) is 12.1. The maximum Gasteiger partial charge on any atom is 0.0700 e. The van der Waals surface area contributed by atoms with Gasteiger partial charge in [0, 0.05) is 18.7 Å². The van der Waals surface area contributed by atoms with Crippen LogP contribution in [0.1, 0.15) is 18.9 Å². The highest BCUT2D eigenvalue weighted by molar-refractivity contribution is 5.16. The van der Waals surface area contributed by atoms with E-state index in [1.54, 1.807) is 0 Å². The van der Waals surface area contributed by atoms with Crippen molar-refractivity contribution in [3.05, 3.63) is 35.9 Å². The molecular formula is C14H21NO2. The van der Waals surface area contributed by atoms with Crippen LogP contribution in [0.4, 0.5) is 0 Å². The van der Waals surface area contributed by atoms with Crippen molar-refractivity contribution >= 4 is 0 Å². The summed E-state index contributed by atoms with van der Waals surface area (Å²) in [5.41, 5.74) is 1.26. The zero-order valence-electron chi connectivity index (χ0n) is 10.3. The number of nitrogens with one attached hydrogen (secondary N) is 1. The number of aliphatic hydroxyl groups is 1. The van der Waals surface area contributed by atoms with E-state index in [2.05, 4.69) is 24.4 Å². The van der Waals surface area contributed by atoms with E-state index in [4.69, 9.17) is 4.74 Å². The van der Waals surface area contributed by atoms with Crippen molar-refractivity contribution in [1.82, 2.24) is 5.32 Å². The highest BCUT2D eigenvalue weighted by atomic mass is 16.5. The first-order valence-electron chi connectivity index (χ1n) is 6.32. The lowest BCUT2D eigenvalue weighted by Gasteiger charge is -2.23. The molecule has 3 atom stereocenters. The molecule has 3 heteroatoms. The molecule has 2 N–H and O–H groups in total. The number of hydrogen-bond acceptors (Lipinski definition) is 3. The fourth-order valence-corrected chi connectivity index (χ4v) is 2.33. The van der Waals surface area contributed by atoms with Gasteiger partial charge in [-0.15, -0.1) is 0 Å². The lowest BCUT2D eigenvalue weighted by molar-refractivity contribution is 0.107. The molecule has 0 radical (unpaired) electrons. The van der Waals surface area contributed by atoms with Gasteiger partial charge in [-0.2, -0.15) is 0 Å². The van der Waals surface area contributed by atoms with E-state index in [-0.39, 0.29) is 18.8 Å². The van der Waals surface area contributed by atoms with Crippen LogP contribution < -0.4 is 5.32 Å². The van der Waals surface area contributed by atoms with Crippen LogP contribution in [0.25, 0.3) is 0 Å². The molecule has 0 aliphatic carbocycles.